The molecule has 0 spiro atoms. The molecule has 1 aromatic heterocycles. The summed E-state index contributed by atoms with van der Waals surface area (Å²) in [6, 6.07) is 11.6. The second kappa shape index (κ2) is 7.42. The molecule has 0 saturated heterocycles. The lowest BCUT2D eigenvalue weighted by atomic mass is 9.78. The molecule has 0 radical (unpaired) electrons. The van der Waals surface area contributed by atoms with Gasteiger partial charge in [0, 0.05) is 17.3 Å². The van der Waals surface area contributed by atoms with Gasteiger partial charge >= 0.3 is 0 Å². The SMILES string of the molecule is CCC1CCC(c2ccc(C#Cc3ccc(F)nc3)cc2)CC1. The zero-order valence-corrected chi connectivity index (χ0v) is 13.6. The zero-order chi connectivity index (χ0) is 16.1. The van der Waals surface area contributed by atoms with Crippen LogP contribution in [0.1, 0.15) is 61.6 Å². The molecule has 0 bridgehead atoms. The Morgan fingerprint density at radius 1 is 0.957 bits per heavy atom. The Morgan fingerprint density at radius 3 is 2.22 bits per heavy atom. The van der Waals surface area contributed by atoms with E-state index in [4.69, 9.17) is 0 Å². The predicted molar refractivity (Wildman–Crippen MR) is 91.6 cm³/mol. The monoisotopic (exact) mass is 307 g/mol. The summed E-state index contributed by atoms with van der Waals surface area (Å²) < 4.78 is 12.8. The van der Waals surface area contributed by atoms with E-state index in [-0.39, 0.29) is 0 Å². The van der Waals surface area contributed by atoms with Gasteiger partial charge in [0.1, 0.15) is 0 Å². The van der Waals surface area contributed by atoms with Crippen molar-refractivity contribution in [3.63, 3.8) is 0 Å². The Morgan fingerprint density at radius 2 is 1.61 bits per heavy atom. The van der Waals surface area contributed by atoms with Gasteiger partial charge in [-0.1, -0.05) is 37.3 Å². The van der Waals surface area contributed by atoms with Crippen LogP contribution in [0.5, 0.6) is 0 Å². The molecule has 0 N–H and O–H groups in total. The zero-order valence-electron chi connectivity index (χ0n) is 13.6. The first-order valence-electron chi connectivity index (χ1n) is 8.48. The minimum Gasteiger partial charge on any atom is -0.227 e. The highest BCUT2D eigenvalue weighted by molar-refractivity contribution is 5.42. The van der Waals surface area contributed by atoms with E-state index in [0.29, 0.717) is 5.92 Å². The Kier molecular flexibility index (Phi) is 5.08. The summed E-state index contributed by atoms with van der Waals surface area (Å²) in [7, 11) is 0. The number of pyridine rings is 1. The van der Waals surface area contributed by atoms with Crippen molar-refractivity contribution in [3.8, 4) is 11.8 Å². The number of nitrogens with zero attached hydrogens (tertiary/aromatic N) is 1. The molecule has 23 heavy (non-hydrogen) atoms. The summed E-state index contributed by atoms with van der Waals surface area (Å²) in [6.45, 7) is 2.30. The van der Waals surface area contributed by atoms with Crippen molar-refractivity contribution in [1.82, 2.24) is 4.98 Å². The number of halogens is 1. The summed E-state index contributed by atoms with van der Waals surface area (Å²) in [6.07, 6.45) is 8.12. The van der Waals surface area contributed by atoms with E-state index in [1.807, 2.05) is 0 Å². The molecular weight excluding hydrogens is 285 g/mol. The third-order valence-electron chi connectivity index (χ3n) is 4.88. The molecule has 2 aromatic rings. The van der Waals surface area contributed by atoms with Gasteiger partial charge in [-0.15, -0.1) is 0 Å². The van der Waals surface area contributed by atoms with Gasteiger partial charge in [-0.3, -0.25) is 0 Å². The second-order valence-corrected chi connectivity index (χ2v) is 6.37. The molecule has 0 aliphatic heterocycles. The van der Waals surface area contributed by atoms with Crippen LogP contribution in [0.4, 0.5) is 4.39 Å². The molecule has 1 aliphatic carbocycles. The van der Waals surface area contributed by atoms with Crippen molar-refractivity contribution < 1.29 is 4.39 Å². The van der Waals surface area contributed by atoms with Crippen LogP contribution >= 0.6 is 0 Å². The third kappa shape index (κ3) is 4.20. The maximum absolute atomic E-state index is 12.8. The average molecular weight is 307 g/mol. The molecule has 1 fully saturated rings. The van der Waals surface area contributed by atoms with Crippen LogP contribution in [0.2, 0.25) is 0 Å². The van der Waals surface area contributed by atoms with E-state index in [2.05, 4.69) is 48.0 Å². The smallest absolute Gasteiger partial charge is 0.212 e. The standard InChI is InChI=1S/C21H22FN/c1-2-16-5-10-19(11-6-16)20-12-7-17(8-13-20)3-4-18-9-14-21(22)23-15-18/h7-9,12-16,19H,2,5-6,10-11H2,1H3. The lowest BCUT2D eigenvalue weighted by molar-refractivity contribution is 0.319. The van der Waals surface area contributed by atoms with Crippen LogP contribution in [-0.2, 0) is 0 Å². The number of aromatic nitrogens is 1. The first kappa shape index (κ1) is 15.7. The predicted octanol–water partition coefficient (Wildman–Crippen LogP) is 5.30. The highest BCUT2D eigenvalue weighted by atomic mass is 19.1. The highest BCUT2D eigenvalue weighted by Gasteiger charge is 2.20. The lowest BCUT2D eigenvalue weighted by Crippen LogP contribution is -2.12. The van der Waals surface area contributed by atoms with E-state index in [1.165, 1.54) is 49.9 Å². The molecule has 1 aliphatic rings. The average Bonchev–Trinajstić information content (AvgIpc) is 2.62. The van der Waals surface area contributed by atoms with Gasteiger partial charge in [0.05, 0.1) is 0 Å². The quantitative estimate of drug-likeness (QED) is 0.541. The van der Waals surface area contributed by atoms with Crippen LogP contribution in [0.25, 0.3) is 0 Å². The first-order chi connectivity index (χ1) is 11.2. The van der Waals surface area contributed by atoms with Crippen molar-refractivity contribution in [2.75, 3.05) is 0 Å². The van der Waals surface area contributed by atoms with Gasteiger partial charge < -0.3 is 0 Å². The maximum atomic E-state index is 12.8. The van der Waals surface area contributed by atoms with E-state index in [0.717, 1.165) is 17.0 Å². The Balaban J connectivity index is 1.65. The molecular formula is C21H22FN. The molecule has 118 valence electrons. The van der Waals surface area contributed by atoms with E-state index < -0.39 is 5.95 Å². The number of rotatable bonds is 2. The summed E-state index contributed by atoms with van der Waals surface area (Å²) in [4.78, 5) is 3.61. The molecule has 0 unspecified atom stereocenters. The van der Waals surface area contributed by atoms with Crippen molar-refractivity contribution >= 4 is 0 Å². The molecule has 0 amide bonds. The van der Waals surface area contributed by atoms with E-state index >= 15 is 0 Å². The highest BCUT2D eigenvalue weighted by Crippen LogP contribution is 2.36. The van der Waals surface area contributed by atoms with Gasteiger partial charge in [0.15, 0.2) is 0 Å². The van der Waals surface area contributed by atoms with Crippen molar-refractivity contribution in [2.45, 2.75) is 44.9 Å². The number of hydrogen-bond donors (Lipinski definition) is 0. The van der Waals surface area contributed by atoms with Crippen LogP contribution in [0, 0.1) is 23.7 Å². The van der Waals surface area contributed by atoms with E-state index in [9.17, 15) is 4.39 Å². The molecule has 1 saturated carbocycles. The largest absolute Gasteiger partial charge is 0.227 e. The fourth-order valence-corrected chi connectivity index (χ4v) is 3.34. The summed E-state index contributed by atoms with van der Waals surface area (Å²) >= 11 is 0. The molecule has 1 nitrogen and oxygen atoms in total. The van der Waals surface area contributed by atoms with Gasteiger partial charge in [0.2, 0.25) is 5.95 Å². The van der Waals surface area contributed by atoms with Crippen LogP contribution < -0.4 is 0 Å². The minimum atomic E-state index is -0.474. The maximum Gasteiger partial charge on any atom is 0.212 e. The fourth-order valence-electron chi connectivity index (χ4n) is 3.34. The first-order valence-corrected chi connectivity index (χ1v) is 8.48. The van der Waals surface area contributed by atoms with Crippen molar-refractivity contribution in [2.24, 2.45) is 5.92 Å². The molecule has 0 atom stereocenters. The number of hydrogen-bond acceptors (Lipinski definition) is 1. The fraction of sp³-hybridized carbons (Fsp3) is 0.381. The second-order valence-electron chi connectivity index (χ2n) is 6.37. The van der Waals surface area contributed by atoms with Crippen LogP contribution in [0.3, 0.4) is 0 Å². The Labute approximate surface area is 138 Å². The molecule has 1 heterocycles. The van der Waals surface area contributed by atoms with Gasteiger partial charge in [-0.05, 0) is 67.3 Å². The summed E-state index contributed by atoms with van der Waals surface area (Å²) in [5, 5.41) is 0. The van der Waals surface area contributed by atoms with Crippen LogP contribution in [-0.4, -0.2) is 4.98 Å². The molecule has 3 rings (SSSR count). The third-order valence-corrected chi connectivity index (χ3v) is 4.88. The van der Waals surface area contributed by atoms with Crippen molar-refractivity contribution in [3.05, 3.63) is 65.2 Å². The lowest BCUT2D eigenvalue weighted by Gasteiger charge is -2.28. The van der Waals surface area contributed by atoms with E-state index in [1.54, 1.807) is 6.07 Å². The van der Waals surface area contributed by atoms with Crippen LogP contribution in [0.15, 0.2) is 42.6 Å². The minimum absolute atomic E-state index is 0.474. The van der Waals surface area contributed by atoms with Gasteiger partial charge in [-0.25, -0.2) is 4.98 Å². The Hall–Kier alpha value is -2.14. The summed E-state index contributed by atoms with van der Waals surface area (Å²) in [5.41, 5.74) is 3.15. The normalized spacial score (nSPS) is 20.6. The van der Waals surface area contributed by atoms with Crippen molar-refractivity contribution in [1.29, 1.82) is 0 Å². The molecule has 2 heteroatoms. The summed E-state index contributed by atoms with van der Waals surface area (Å²) in [5.74, 6) is 7.30. The molecule has 1 aromatic carbocycles. The van der Waals surface area contributed by atoms with Gasteiger partial charge in [-0.2, -0.15) is 4.39 Å². The van der Waals surface area contributed by atoms with Gasteiger partial charge in [0.25, 0.3) is 0 Å². The topological polar surface area (TPSA) is 12.9 Å². The number of benzene rings is 1. The Bertz CT molecular complexity index is 683.